The molecule has 5 heterocycles. The first-order chi connectivity index (χ1) is 35.0. The van der Waals surface area contributed by atoms with Gasteiger partial charge < -0.3 is 27.1 Å². The van der Waals surface area contributed by atoms with Crippen LogP contribution >= 0.6 is 86.2 Å². The molecule has 0 spiro atoms. The summed E-state index contributed by atoms with van der Waals surface area (Å²) in [6.45, 7) is 39.5. The zero-order valence-electron chi connectivity index (χ0n) is 46.5. The first-order valence-corrected chi connectivity index (χ1v) is 33.4. The van der Waals surface area contributed by atoms with E-state index >= 15 is 9.13 Å². The maximum absolute atomic E-state index is 16.4. The van der Waals surface area contributed by atoms with Gasteiger partial charge in [0.25, 0.3) is 0 Å². The number of benzene rings is 6. The molecule has 8 bridgehead atoms. The third kappa shape index (κ3) is 10.3. The predicted molar refractivity (Wildman–Crippen MR) is 315 cm³/mol. The molecule has 5 aliphatic heterocycles. The zero-order valence-corrected chi connectivity index (χ0v) is 53.2. The molecule has 0 N–H and O–H groups in total. The molecule has 6 aromatic rings. The third-order valence-corrected chi connectivity index (χ3v) is 22.6. The molecule has 11 rings (SSSR count). The SMILES string of the molecule is CC(C)(C)c1cc2c3c(c1)Sc1cc(C(C)(C)C)cc4c1OP(=O)(O3)Oc1c(cc(C(C)(C)C)cc1Sc1cc(C(C)(C)C)cc3c1OP1(=O)Oc5c(cc(C(C)(C)C)cc5Sc5cc(C(C)(C)C)cc(c5O1)S4)S3)S2. The highest BCUT2D eigenvalue weighted by molar-refractivity contribution is 8.02. The van der Waals surface area contributed by atoms with Crippen LogP contribution in [-0.4, -0.2) is 0 Å². The number of rotatable bonds is 0. The van der Waals surface area contributed by atoms with Crippen LogP contribution in [0.2, 0.25) is 0 Å². The minimum absolute atomic E-state index is 0.256. The molecule has 0 unspecified atom stereocenters. The lowest BCUT2D eigenvalue weighted by Gasteiger charge is -2.34. The normalized spacial score (nSPS) is 19.7. The van der Waals surface area contributed by atoms with Gasteiger partial charge in [-0.25, -0.2) is 0 Å². The summed E-state index contributed by atoms with van der Waals surface area (Å²) in [5.41, 5.74) is 4.48. The molecule has 5 aliphatic rings. The van der Waals surface area contributed by atoms with Gasteiger partial charge in [0.05, 0.1) is 58.7 Å². The number of hydrogen-bond donors (Lipinski definition) is 0. The Morgan fingerprint density at radius 2 is 0.342 bits per heavy atom. The summed E-state index contributed by atoms with van der Waals surface area (Å²) in [4.78, 5) is 8.79. The Hall–Kier alpha value is -3.32. The van der Waals surface area contributed by atoms with Crippen molar-refractivity contribution in [2.24, 2.45) is 0 Å². The maximum Gasteiger partial charge on any atom is 0.647 e. The number of phosphoric ester groups is 2. The van der Waals surface area contributed by atoms with Crippen molar-refractivity contribution in [3.63, 3.8) is 0 Å². The highest BCUT2D eigenvalue weighted by Crippen LogP contribution is 2.69. The highest BCUT2D eigenvalue weighted by Gasteiger charge is 2.47. The second-order valence-electron chi connectivity index (χ2n) is 26.4. The molecule has 76 heavy (non-hydrogen) atoms. The Morgan fingerprint density at radius 1 is 0.237 bits per heavy atom. The third-order valence-electron chi connectivity index (χ3n) is 13.9. The summed E-state index contributed by atoms with van der Waals surface area (Å²) >= 11 is 8.95. The maximum atomic E-state index is 16.4. The Labute approximate surface area is 475 Å². The van der Waals surface area contributed by atoms with E-state index in [-0.39, 0.29) is 32.5 Å². The molecular formula is C60H66O8P2S6. The Bertz CT molecular complexity index is 3150. The number of phosphoric acid groups is 2. The van der Waals surface area contributed by atoms with E-state index in [4.69, 9.17) is 27.1 Å². The summed E-state index contributed by atoms with van der Waals surface area (Å²) in [5, 5.41) is 0. The molecule has 0 saturated heterocycles. The fraction of sp³-hybridized carbons (Fsp3) is 0.400. The van der Waals surface area contributed by atoms with Crippen molar-refractivity contribution in [2.75, 3.05) is 0 Å². The Morgan fingerprint density at radius 3 is 0.434 bits per heavy atom. The first-order valence-electron chi connectivity index (χ1n) is 25.6. The van der Waals surface area contributed by atoms with E-state index in [1.807, 2.05) is 0 Å². The van der Waals surface area contributed by atoms with Crippen LogP contribution in [0.3, 0.4) is 0 Å². The fourth-order valence-electron chi connectivity index (χ4n) is 9.00. The number of hydrogen-bond acceptors (Lipinski definition) is 14. The van der Waals surface area contributed by atoms with Crippen LogP contribution < -0.4 is 27.1 Å². The van der Waals surface area contributed by atoms with Crippen molar-refractivity contribution in [1.29, 1.82) is 0 Å². The minimum atomic E-state index is -4.66. The van der Waals surface area contributed by atoms with E-state index in [0.717, 1.165) is 72.5 Å². The van der Waals surface area contributed by atoms with Crippen molar-refractivity contribution < 1.29 is 36.3 Å². The molecule has 0 radical (unpaired) electrons. The van der Waals surface area contributed by atoms with E-state index in [1.54, 1.807) is 0 Å². The van der Waals surface area contributed by atoms with Crippen molar-refractivity contribution in [2.45, 2.75) is 216 Å². The van der Waals surface area contributed by atoms with Gasteiger partial charge in [0, 0.05) is 0 Å². The standard InChI is InChI=1S/C60H66O8P2S6/c1-55(2,3)31-19-37-49-41(23-31)75-42-24-32(56(4,5)6)20-38-50(42)64-70(62)66-52-40(74-48-30-36(60(16,17)18)29-47(72-38)54(48)68-70)22-34(58(10,11)12)26-44(52)76-43-25-33(57(7,8)9)21-39-51(43)65-69(61,63-49)67-53-45(71-37)27-35(59(13,14)15)28-46(53)73-39/h19-30H,1-18H3. The van der Waals surface area contributed by atoms with Gasteiger partial charge in [-0.1, -0.05) is 195 Å². The first kappa shape index (κ1) is 54.6. The molecule has 8 nitrogen and oxygen atoms in total. The Balaban J connectivity index is 1.31. The van der Waals surface area contributed by atoms with Crippen LogP contribution in [0.4, 0.5) is 0 Å². The molecule has 400 valence electrons. The van der Waals surface area contributed by atoms with E-state index in [0.29, 0.717) is 54.1 Å². The molecule has 0 fully saturated rings. The summed E-state index contributed by atoms with van der Waals surface area (Å²) in [7, 11) is -9.32. The van der Waals surface area contributed by atoms with E-state index in [1.165, 1.54) is 70.6 Å². The lowest BCUT2D eigenvalue weighted by Crippen LogP contribution is -2.18. The molecule has 0 atom stereocenters. The van der Waals surface area contributed by atoms with Gasteiger partial charge in [-0.15, -0.1) is 0 Å². The van der Waals surface area contributed by atoms with Gasteiger partial charge in [-0.3, -0.25) is 0 Å². The largest absolute Gasteiger partial charge is 0.647 e. The quantitative estimate of drug-likeness (QED) is 0.135. The van der Waals surface area contributed by atoms with Crippen LogP contribution in [-0.2, 0) is 41.6 Å². The van der Waals surface area contributed by atoms with Crippen molar-refractivity contribution in [3.05, 3.63) is 106 Å². The van der Waals surface area contributed by atoms with Crippen LogP contribution in [0.15, 0.2) is 132 Å². The van der Waals surface area contributed by atoms with Gasteiger partial charge in [0.1, 0.15) is 0 Å². The average molecular weight is 1170 g/mol. The van der Waals surface area contributed by atoms with Crippen molar-refractivity contribution >= 4 is 86.2 Å². The van der Waals surface area contributed by atoms with E-state index in [2.05, 4.69) is 197 Å². The van der Waals surface area contributed by atoms with Gasteiger partial charge in [-0.2, -0.15) is 9.13 Å². The second kappa shape index (κ2) is 18.1. The van der Waals surface area contributed by atoms with Crippen molar-refractivity contribution in [3.8, 4) is 34.5 Å². The lowest BCUT2D eigenvalue weighted by molar-refractivity contribution is 0.281. The van der Waals surface area contributed by atoms with Crippen LogP contribution in [0.25, 0.3) is 0 Å². The van der Waals surface area contributed by atoms with Crippen molar-refractivity contribution in [1.82, 2.24) is 0 Å². The van der Waals surface area contributed by atoms with E-state index in [9.17, 15) is 0 Å². The topological polar surface area (TPSA) is 89.5 Å². The molecular weight excluding hydrogens is 1100 g/mol. The van der Waals surface area contributed by atoms with Gasteiger partial charge in [0.2, 0.25) is 0 Å². The van der Waals surface area contributed by atoms with E-state index < -0.39 is 15.6 Å². The summed E-state index contributed by atoms with van der Waals surface area (Å²) < 4.78 is 74.8. The molecule has 0 aliphatic carbocycles. The predicted octanol–water partition coefficient (Wildman–Crippen LogP) is 21.2. The summed E-state index contributed by atoms with van der Waals surface area (Å²) in [5.74, 6) is 2.26. The van der Waals surface area contributed by atoms with Crippen LogP contribution in [0, 0.1) is 0 Å². The monoisotopic (exact) mass is 1170 g/mol. The summed E-state index contributed by atoms with van der Waals surface area (Å²) in [6, 6.07) is 25.6. The lowest BCUT2D eigenvalue weighted by atomic mass is 9.87. The van der Waals surface area contributed by atoms with Crippen LogP contribution in [0.5, 0.6) is 34.5 Å². The highest BCUT2D eigenvalue weighted by atomic mass is 32.2. The molecule has 0 aromatic heterocycles. The van der Waals surface area contributed by atoms with Crippen LogP contribution in [0.1, 0.15) is 158 Å². The molecule has 16 heteroatoms. The van der Waals surface area contributed by atoms with Gasteiger partial charge in [-0.05, 0) is 139 Å². The minimum Gasteiger partial charge on any atom is -0.383 e. The van der Waals surface area contributed by atoms with Gasteiger partial charge in [0.15, 0.2) is 34.5 Å². The fourth-order valence-corrected chi connectivity index (χ4v) is 19.5. The summed E-state index contributed by atoms with van der Waals surface area (Å²) in [6.07, 6.45) is 0. The Kier molecular flexibility index (Phi) is 13.0. The molecule has 0 amide bonds. The average Bonchev–Trinajstić information content (AvgIpc) is 3.24. The molecule has 0 saturated carbocycles. The molecule has 6 aromatic carbocycles. The second-order valence-corrected chi connectivity index (χ2v) is 35.8. The smallest absolute Gasteiger partial charge is 0.383 e. The zero-order chi connectivity index (χ0) is 54.8. The van der Waals surface area contributed by atoms with Gasteiger partial charge >= 0.3 is 15.6 Å².